The summed E-state index contributed by atoms with van der Waals surface area (Å²) < 4.78 is 0. The van der Waals surface area contributed by atoms with Crippen LogP contribution in [0.5, 0.6) is 0 Å². The van der Waals surface area contributed by atoms with Crippen LogP contribution in [-0.4, -0.2) is 35.1 Å². The smallest absolute Gasteiger partial charge is 0.325 e. The summed E-state index contributed by atoms with van der Waals surface area (Å²) in [7, 11) is 0. The lowest BCUT2D eigenvalue weighted by atomic mass is 9.76. The number of amides is 4. The highest BCUT2D eigenvalue weighted by molar-refractivity contribution is 7.14. The highest BCUT2D eigenvalue weighted by Crippen LogP contribution is 2.39. The Morgan fingerprint density at radius 1 is 1.21 bits per heavy atom. The van der Waals surface area contributed by atoms with Gasteiger partial charge in [-0.15, -0.1) is 11.3 Å². The molecule has 7 nitrogen and oxygen atoms in total. The van der Waals surface area contributed by atoms with Crippen LogP contribution >= 0.6 is 11.3 Å². The van der Waals surface area contributed by atoms with Crippen molar-refractivity contribution >= 4 is 35.0 Å². The van der Waals surface area contributed by atoms with Crippen LogP contribution in [0.3, 0.4) is 0 Å². The average Bonchev–Trinajstić information content (AvgIpc) is 3.26. The van der Waals surface area contributed by atoms with Crippen LogP contribution in [0.4, 0.5) is 4.79 Å². The van der Waals surface area contributed by atoms with Gasteiger partial charge in [0.25, 0.3) is 5.91 Å². The van der Waals surface area contributed by atoms with Gasteiger partial charge in [0.05, 0.1) is 18.0 Å². The van der Waals surface area contributed by atoms with Gasteiger partial charge in [-0.3, -0.25) is 19.3 Å². The van der Waals surface area contributed by atoms with Crippen molar-refractivity contribution in [3.8, 4) is 0 Å². The molecule has 1 aliphatic carbocycles. The molecule has 0 saturated carbocycles. The fourth-order valence-corrected chi connectivity index (χ4v) is 4.89. The molecule has 2 aliphatic rings. The highest BCUT2D eigenvalue weighted by atomic mass is 32.1. The Balaban J connectivity index is 1.52. The summed E-state index contributed by atoms with van der Waals surface area (Å²) in [6, 6.07) is 10.5. The molecule has 1 aromatic heterocycles. The molecule has 1 fully saturated rings. The molecule has 1 aliphatic heterocycles. The number of imide groups is 1. The molecule has 0 radical (unpaired) electrons. The Bertz CT molecular complexity index is 1010. The van der Waals surface area contributed by atoms with Crippen molar-refractivity contribution in [2.45, 2.75) is 38.3 Å². The van der Waals surface area contributed by atoms with Gasteiger partial charge in [-0.25, -0.2) is 4.79 Å². The minimum absolute atomic E-state index is 0.149. The number of carbonyl (C=O) groups is 4. The van der Waals surface area contributed by atoms with Crippen LogP contribution in [-0.2, 0) is 28.1 Å². The molecule has 29 heavy (non-hydrogen) atoms. The van der Waals surface area contributed by atoms with E-state index in [1.54, 1.807) is 12.1 Å². The van der Waals surface area contributed by atoms with E-state index in [1.165, 1.54) is 18.3 Å². The van der Waals surface area contributed by atoms with E-state index in [0.29, 0.717) is 17.8 Å². The van der Waals surface area contributed by atoms with Gasteiger partial charge < -0.3 is 10.6 Å². The third kappa shape index (κ3) is 3.44. The second kappa shape index (κ2) is 7.44. The maximum atomic E-state index is 13.3. The van der Waals surface area contributed by atoms with Gasteiger partial charge >= 0.3 is 6.03 Å². The standard InChI is InChI=1S/C21H21N3O4S/c1-13(25)22-11-15-8-9-18(29-15)17(26)12-24-19(27)21(23-20(24)28)10-4-6-14-5-2-3-7-16(14)21/h2-3,5,7-9H,4,6,10-12H2,1H3,(H,22,25)(H,23,28). The van der Waals surface area contributed by atoms with E-state index >= 15 is 0 Å². The van der Waals surface area contributed by atoms with E-state index in [0.717, 1.165) is 33.7 Å². The van der Waals surface area contributed by atoms with Crippen molar-refractivity contribution < 1.29 is 19.2 Å². The van der Waals surface area contributed by atoms with Crippen LogP contribution in [0.25, 0.3) is 0 Å². The first-order valence-electron chi connectivity index (χ1n) is 9.49. The molecular formula is C21H21N3O4S. The molecular weight excluding hydrogens is 390 g/mol. The van der Waals surface area contributed by atoms with Crippen LogP contribution in [0.1, 0.15) is 45.4 Å². The van der Waals surface area contributed by atoms with E-state index in [2.05, 4.69) is 10.6 Å². The lowest BCUT2D eigenvalue weighted by molar-refractivity contribution is -0.131. The van der Waals surface area contributed by atoms with Gasteiger partial charge in [-0.1, -0.05) is 24.3 Å². The quantitative estimate of drug-likeness (QED) is 0.583. The first-order chi connectivity index (χ1) is 13.9. The molecule has 1 saturated heterocycles. The predicted octanol–water partition coefficient (Wildman–Crippen LogP) is 2.35. The Hall–Kier alpha value is -3.00. The summed E-state index contributed by atoms with van der Waals surface area (Å²) in [4.78, 5) is 51.9. The molecule has 1 atom stereocenters. The number of benzene rings is 1. The molecule has 8 heteroatoms. The number of hydrogen-bond donors (Lipinski definition) is 2. The van der Waals surface area contributed by atoms with Crippen LogP contribution < -0.4 is 10.6 Å². The summed E-state index contributed by atoms with van der Waals surface area (Å²) in [5.74, 6) is -0.810. The molecule has 1 spiro atoms. The second-order valence-corrected chi connectivity index (χ2v) is 8.50. The summed E-state index contributed by atoms with van der Waals surface area (Å²) >= 11 is 1.25. The Morgan fingerprint density at radius 3 is 2.79 bits per heavy atom. The van der Waals surface area contributed by atoms with Gasteiger partial charge in [-0.2, -0.15) is 0 Å². The summed E-state index contributed by atoms with van der Waals surface area (Å²) in [5, 5.41) is 5.54. The monoisotopic (exact) mass is 411 g/mol. The highest BCUT2D eigenvalue weighted by Gasteiger charge is 2.54. The minimum Gasteiger partial charge on any atom is -0.351 e. The van der Waals surface area contributed by atoms with Crippen LogP contribution in [0, 0.1) is 0 Å². The third-order valence-corrected chi connectivity index (χ3v) is 6.53. The number of nitrogens with one attached hydrogen (secondary N) is 2. The number of nitrogens with zero attached hydrogens (tertiary/aromatic N) is 1. The van der Waals surface area contributed by atoms with Crippen molar-refractivity contribution in [1.82, 2.24) is 15.5 Å². The SMILES string of the molecule is CC(=O)NCc1ccc(C(=O)CN2C(=O)NC3(CCCc4ccccc43)C2=O)s1. The Labute approximate surface area is 172 Å². The zero-order valence-corrected chi connectivity index (χ0v) is 16.8. The van der Waals surface area contributed by atoms with Crippen molar-refractivity contribution in [3.63, 3.8) is 0 Å². The maximum absolute atomic E-state index is 13.3. The van der Waals surface area contributed by atoms with Gasteiger partial charge in [0.1, 0.15) is 5.54 Å². The average molecular weight is 411 g/mol. The van der Waals surface area contributed by atoms with E-state index < -0.39 is 11.6 Å². The number of urea groups is 1. The number of ketones is 1. The Kier molecular flexibility index (Phi) is 4.96. The number of aryl methyl sites for hydroxylation is 1. The summed E-state index contributed by atoms with van der Waals surface area (Å²) in [6.45, 7) is 1.47. The normalized spacial score (nSPS) is 20.5. The number of fused-ring (bicyclic) bond motifs is 2. The number of Topliss-reactive ketones (excluding diaryl/α,β-unsaturated/α-hetero) is 1. The lowest BCUT2D eigenvalue weighted by Gasteiger charge is -2.33. The van der Waals surface area contributed by atoms with Gasteiger partial charge in [0.2, 0.25) is 5.91 Å². The molecule has 1 aromatic carbocycles. The van der Waals surface area contributed by atoms with Crippen molar-refractivity contribution in [2.75, 3.05) is 6.54 Å². The molecule has 0 bridgehead atoms. The summed E-state index contributed by atoms with van der Waals surface area (Å²) in [5.41, 5.74) is 0.813. The van der Waals surface area contributed by atoms with E-state index in [1.807, 2.05) is 24.3 Å². The topological polar surface area (TPSA) is 95.6 Å². The van der Waals surface area contributed by atoms with Crippen molar-refractivity contribution in [3.05, 3.63) is 57.3 Å². The van der Waals surface area contributed by atoms with Crippen molar-refractivity contribution in [2.24, 2.45) is 0 Å². The molecule has 150 valence electrons. The van der Waals surface area contributed by atoms with Gasteiger partial charge in [0, 0.05) is 11.8 Å². The lowest BCUT2D eigenvalue weighted by Crippen LogP contribution is -2.46. The fraction of sp³-hybridized carbons (Fsp3) is 0.333. The second-order valence-electron chi connectivity index (χ2n) is 7.34. The first-order valence-corrected chi connectivity index (χ1v) is 10.3. The van der Waals surface area contributed by atoms with Crippen molar-refractivity contribution in [1.29, 1.82) is 0 Å². The molecule has 2 N–H and O–H groups in total. The molecule has 1 unspecified atom stereocenters. The molecule has 4 amide bonds. The summed E-state index contributed by atoms with van der Waals surface area (Å²) in [6.07, 6.45) is 2.19. The van der Waals surface area contributed by atoms with Gasteiger partial charge in [-0.05, 0) is 42.5 Å². The maximum Gasteiger partial charge on any atom is 0.325 e. The minimum atomic E-state index is -1.07. The molecule has 4 rings (SSSR count). The Morgan fingerprint density at radius 2 is 2.00 bits per heavy atom. The number of thiophene rings is 1. The zero-order chi connectivity index (χ0) is 20.6. The van der Waals surface area contributed by atoms with E-state index in [9.17, 15) is 19.2 Å². The predicted molar refractivity (Wildman–Crippen MR) is 107 cm³/mol. The van der Waals surface area contributed by atoms with Crippen LogP contribution in [0.2, 0.25) is 0 Å². The number of rotatable bonds is 5. The number of hydrogen-bond acceptors (Lipinski definition) is 5. The molecule has 2 heterocycles. The van der Waals surface area contributed by atoms with E-state index in [-0.39, 0.29) is 24.1 Å². The zero-order valence-electron chi connectivity index (χ0n) is 16.0. The van der Waals surface area contributed by atoms with Crippen LogP contribution in [0.15, 0.2) is 36.4 Å². The third-order valence-electron chi connectivity index (χ3n) is 5.40. The number of carbonyl (C=O) groups excluding carboxylic acids is 4. The fourth-order valence-electron chi connectivity index (χ4n) is 4.01. The largest absolute Gasteiger partial charge is 0.351 e. The molecule has 2 aromatic rings. The van der Waals surface area contributed by atoms with Gasteiger partial charge in [0.15, 0.2) is 5.78 Å². The first kappa shape index (κ1) is 19.3. The van der Waals surface area contributed by atoms with E-state index in [4.69, 9.17) is 0 Å².